The standard InChI is InChI=1S/C18H28N2O3/c1-21-16-4-3-15(13-17(16)22-2)18(14-5-11-23-12-6-14)20-9-7-19-8-10-20/h3-4,13-14,18-19H,5-12H2,1-2H3/t18-/m1/s1. The molecule has 0 bridgehead atoms. The Balaban J connectivity index is 1.89. The first kappa shape index (κ1) is 16.6. The third-order valence-corrected chi connectivity index (χ3v) is 5.01. The van der Waals surface area contributed by atoms with Gasteiger partial charge < -0.3 is 19.5 Å². The molecule has 0 unspecified atom stereocenters. The summed E-state index contributed by atoms with van der Waals surface area (Å²) < 4.78 is 16.5. The molecule has 1 aromatic rings. The van der Waals surface area contributed by atoms with Gasteiger partial charge in [-0.25, -0.2) is 0 Å². The van der Waals surface area contributed by atoms with Gasteiger partial charge in [-0.05, 0) is 36.5 Å². The fourth-order valence-electron chi connectivity index (χ4n) is 3.81. The van der Waals surface area contributed by atoms with Crippen LogP contribution in [0.25, 0.3) is 0 Å². The summed E-state index contributed by atoms with van der Waals surface area (Å²) in [5.41, 5.74) is 1.33. The third kappa shape index (κ3) is 3.79. The predicted octanol–water partition coefficient (Wildman–Crippen LogP) is 2.08. The highest BCUT2D eigenvalue weighted by Gasteiger charge is 2.31. The van der Waals surface area contributed by atoms with E-state index in [4.69, 9.17) is 14.2 Å². The molecule has 2 heterocycles. The molecule has 0 radical (unpaired) electrons. The van der Waals surface area contributed by atoms with Gasteiger partial charge in [0, 0.05) is 45.4 Å². The lowest BCUT2D eigenvalue weighted by Gasteiger charge is -2.41. The number of ether oxygens (including phenoxy) is 3. The van der Waals surface area contributed by atoms with Gasteiger partial charge in [-0.3, -0.25) is 4.90 Å². The zero-order valence-electron chi connectivity index (χ0n) is 14.2. The average molecular weight is 320 g/mol. The molecule has 0 amide bonds. The van der Waals surface area contributed by atoms with Crippen LogP contribution >= 0.6 is 0 Å². The molecule has 5 nitrogen and oxygen atoms in total. The van der Waals surface area contributed by atoms with Crippen molar-refractivity contribution >= 4 is 0 Å². The molecule has 3 rings (SSSR count). The summed E-state index contributed by atoms with van der Waals surface area (Å²) in [5.74, 6) is 2.25. The van der Waals surface area contributed by atoms with Crippen LogP contribution in [0.2, 0.25) is 0 Å². The van der Waals surface area contributed by atoms with E-state index in [0.29, 0.717) is 12.0 Å². The van der Waals surface area contributed by atoms with Gasteiger partial charge in [0.05, 0.1) is 14.2 Å². The van der Waals surface area contributed by atoms with Crippen LogP contribution in [-0.4, -0.2) is 58.5 Å². The molecule has 0 aromatic heterocycles. The Morgan fingerprint density at radius 3 is 2.43 bits per heavy atom. The molecule has 1 atom stereocenters. The number of hydrogen-bond donors (Lipinski definition) is 1. The molecule has 0 aliphatic carbocycles. The van der Waals surface area contributed by atoms with Crippen LogP contribution in [0.4, 0.5) is 0 Å². The van der Waals surface area contributed by atoms with Crippen LogP contribution < -0.4 is 14.8 Å². The maximum atomic E-state index is 5.58. The summed E-state index contributed by atoms with van der Waals surface area (Å²) in [4.78, 5) is 2.62. The van der Waals surface area contributed by atoms with E-state index in [1.54, 1.807) is 14.2 Å². The van der Waals surface area contributed by atoms with E-state index in [1.165, 1.54) is 5.56 Å². The zero-order valence-corrected chi connectivity index (χ0v) is 14.2. The molecule has 5 heteroatoms. The van der Waals surface area contributed by atoms with E-state index in [1.807, 2.05) is 6.07 Å². The molecule has 2 fully saturated rings. The van der Waals surface area contributed by atoms with Gasteiger partial charge in [0.1, 0.15) is 0 Å². The first-order valence-electron chi connectivity index (χ1n) is 8.58. The van der Waals surface area contributed by atoms with Crippen LogP contribution in [-0.2, 0) is 4.74 Å². The Morgan fingerprint density at radius 2 is 1.78 bits per heavy atom. The van der Waals surface area contributed by atoms with Crippen LogP contribution in [0.1, 0.15) is 24.4 Å². The van der Waals surface area contributed by atoms with Crippen molar-refractivity contribution < 1.29 is 14.2 Å². The van der Waals surface area contributed by atoms with Crippen LogP contribution in [0.5, 0.6) is 11.5 Å². The average Bonchev–Trinajstić information content (AvgIpc) is 2.63. The maximum absolute atomic E-state index is 5.58. The normalized spacial score (nSPS) is 21.8. The van der Waals surface area contributed by atoms with Crippen LogP contribution in [0, 0.1) is 5.92 Å². The van der Waals surface area contributed by atoms with Gasteiger partial charge in [0.25, 0.3) is 0 Å². The minimum Gasteiger partial charge on any atom is -0.493 e. The molecule has 1 N–H and O–H groups in total. The lowest BCUT2D eigenvalue weighted by atomic mass is 9.85. The first-order chi connectivity index (χ1) is 11.3. The van der Waals surface area contributed by atoms with Crippen LogP contribution in [0.3, 0.4) is 0 Å². The minimum atomic E-state index is 0.431. The Morgan fingerprint density at radius 1 is 1.09 bits per heavy atom. The van der Waals surface area contributed by atoms with E-state index in [0.717, 1.165) is 63.7 Å². The van der Waals surface area contributed by atoms with E-state index in [9.17, 15) is 0 Å². The van der Waals surface area contributed by atoms with Crippen molar-refractivity contribution in [2.45, 2.75) is 18.9 Å². The van der Waals surface area contributed by atoms with Gasteiger partial charge in [-0.2, -0.15) is 0 Å². The number of methoxy groups -OCH3 is 2. The third-order valence-electron chi connectivity index (χ3n) is 5.01. The van der Waals surface area contributed by atoms with Crippen molar-refractivity contribution in [2.24, 2.45) is 5.92 Å². The molecule has 2 aliphatic rings. The Hall–Kier alpha value is -1.30. The fourth-order valence-corrected chi connectivity index (χ4v) is 3.81. The van der Waals surface area contributed by atoms with Crippen molar-refractivity contribution in [3.63, 3.8) is 0 Å². The van der Waals surface area contributed by atoms with Crippen molar-refractivity contribution in [2.75, 3.05) is 53.6 Å². The Kier molecular flexibility index (Phi) is 5.75. The van der Waals surface area contributed by atoms with Gasteiger partial charge >= 0.3 is 0 Å². The lowest BCUT2D eigenvalue weighted by Crippen LogP contribution is -2.47. The molecule has 128 valence electrons. The monoisotopic (exact) mass is 320 g/mol. The van der Waals surface area contributed by atoms with Gasteiger partial charge in [-0.15, -0.1) is 0 Å². The SMILES string of the molecule is COc1ccc([C@@H](C2CCOCC2)N2CCNCC2)cc1OC. The second-order valence-corrected chi connectivity index (χ2v) is 6.30. The molecule has 1 aromatic carbocycles. The van der Waals surface area contributed by atoms with Gasteiger partial charge in [0.2, 0.25) is 0 Å². The fraction of sp³-hybridized carbons (Fsp3) is 0.667. The maximum Gasteiger partial charge on any atom is 0.161 e. The molecule has 0 spiro atoms. The molecular weight excluding hydrogens is 292 g/mol. The van der Waals surface area contributed by atoms with Crippen LogP contribution in [0.15, 0.2) is 18.2 Å². The number of rotatable bonds is 5. The lowest BCUT2D eigenvalue weighted by molar-refractivity contribution is 0.0212. The summed E-state index contributed by atoms with van der Waals surface area (Å²) in [7, 11) is 3.39. The smallest absolute Gasteiger partial charge is 0.161 e. The van der Waals surface area contributed by atoms with Crippen molar-refractivity contribution in [1.82, 2.24) is 10.2 Å². The predicted molar refractivity (Wildman–Crippen MR) is 90.3 cm³/mol. The zero-order chi connectivity index (χ0) is 16.1. The molecule has 0 saturated carbocycles. The number of benzene rings is 1. The van der Waals surface area contributed by atoms with Gasteiger partial charge in [0.15, 0.2) is 11.5 Å². The number of piperazine rings is 1. The van der Waals surface area contributed by atoms with E-state index < -0.39 is 0 Å². The number of nitrogens with zero attached hydrogens (tertiary/aromatic N) is 1. The molecule has 2 aliphatic heterocycles. The topological polar surface area (TPSA) is 43.0 Å². The minimum absolute atomic E-state index is 0.431. The number of hydrogen-bond acceptors (Lipinski definition) is 5. The van der Waals surface area contributed by atoms with Crippen molar-refractivity contribution in [3.05, 3.63) is 23.8 Å². The van der Waals surface area contributed by atoms with Crippen molar-refractivity contribution in [3.8, 4) is 11.5 Å². The summed E-state index contributed by atoms with van der Waals surface area (Å²) in [6.45, 7) is 6.06. The molecule has 2 saturated heterocycles. The highest BCUT2D eigenvalue weighted by atomic mass is 16.5. The highest BCUT2D eigenvalue weighted by Crippen LogP contribution is 2.38. The van der Waals surface area contributed by atoms with E-state index >= 15 is 0 Å². The summed E-state index contributed by atoms with van der Waals surface area (Å²) >= 11 is 0. The highest BCUT2D eigenvalue weighted by molar-refractivity contribution is 5.44. The quantitative estimate of drug-likeness (QED) is 0.900. The van der Waals surface area contributed by atoms with Crippen molar-refractivity contribution in [1.29, 1.82) is 0 Å². The largest absolute Gasteiger partial charge is 0.493 e. The molecular formula is C18H28N2O3. The summed E-state index contributed by atoms with van der Waals surface area (Å²) in [5, 5.41) is 3.45. The Bertz CT molecular complexity index is 479. The van der Waals surface area contributed by atoms with Gasteiger partial charge in [-0.1, -0.05) is 6.07 Å². The summed E-state index contributed by atoms with van der Waals surface area (Å²) in [6.07, 6.45) is 2.26. The second-order valence-electron chi connectivity index (χ2n) is 6.30. The number of nitrogens with one attached hydrogen (secondary N) is 1. The second kappa shape index (κ2) is 7.99. The Labute approximate surface area is 138 Å². The van der Waals surface area contributed by atoms with E-state index in [2.05, 4.69) is 22.3 Å². The first-order valence-corrected chi connectivity index (χ1v) is 8.58. The molecule has 23 heavy (non-hydrogen) atoms. The van der Waals surface area contributed by atoms with E-state index in [-0.39, 0.29) is 0 Å². The summed E-state index contributed by atoms with van der Waals surface area (Å²) in [6, 6.07) is 6.81.